The van der Waals surface area contributed by atoms with Crippen LogP contribution in [-0.2, 0) is 11.8 Å². The molecule has 1 aliphatic carbocycles. The minimum absolute atomic E-state index is 0.0494. The first-order chi connectivity index (χ1) is 9.16. The van der Waals surface area contributed by atoms with Crippen LogP contribution in [0.3, 0.4) is 0 Å². The molecule has 2 rings (SSSR count). The number of rotatable bonds is 3. The van der Waals surface area contributed by atoms with Crippen molar-refractivity contribution >= 4 is 11.4 Å². The lowest BCUT2D eigenvalue weighted by atomic mass is 9.82. The van der Waals surface area contributed by atoms with Crippen LogP contribution in [0, 0.1) is 20.2 Å². The molecule has 0 heterocycles. The fourth-order valence-corrected chi connectivity index (χ4v) is 3.16. The molecule has 0 saturated carbocycles. The third-order valence-corrected chi connectivity index (χ3v) is 4.05. The van der Waals surface area contributed by atoms with Gasteiger partial charge in [-0.3, -0.25) is 20.2 Å². The Hall–Kier alpha value is -1.98. The fraction of sp³-hybridized carbons (Fsp3) is 0.571. The summed E-state index contributed by atoms with van der Waals surface area (Å²) in [6.07, 6.45) is 1.43. The Morgan fingerprint density at radius 3 is 2.25 bits per heavy atom. The van der Waals surface area contributed by atoms with Gasteiger partial charge in [0.25, 0.3) is 11.4 Å². The highest BCUT2D eigenvalue weighted by atomic mass is 16.6. The van der Waals surface area contributed by atoms with Gasteiger partial charge in [0.2, 0.25) is 0 Å². The van der Waals surface area contributed by atoms with Crippen molar-refractivity contribution in [2.45, 2.75) is 51.9 Å². The number of fused-ring (bicyclic) bond motifs is 1. The molecule has 0 aromatic heterocycles. The normalized spacial score (nSPS) is 16.2. The second kappa shape index (κ2) is 4.54. The maximum Gasteiger partial charge on any atom is 0.283 e. The van der Waals surface area contributed by atoms with Gasteiger partial charge in [-0.2, -0.15) is 0 Å². The monoisotopic (exact) mass is 278 g/mol. The summed E-state index contributed by atoms with van der Waals surface area (Å²) in [5.41, 5.74) is 1.19. The maximum absolute atomic E-state index is 11.5. The molecule has 1 aromatic carbocycles. The average Bonchev–Trinajstić information content (AvgIpc) is 2.62. The number of nitro benzene ring substituents is 2. The van der Waals surface area contributed by atoms with Crippen molar-refractivity contribution in [3.8, 4) is 0 Å². The van der Waals surface area contributed by atoms with Gasteiger partial charge in [-0.1, -0.05) is 27.7 Å². The van der Waals surface area contributed by atoms with Crippen molar-refractivity contribution in [3.63, 3.8) is 0 Å². The van der Waals surface area contributed by atoms with Crippen molar-refractivity contribution in [2.24, 2.45) is 0 Å². The summed E-state index contributed by atoms with van der Waals surface area (Å²) in [4.78, 5) is 21.8. The zero-order valence-corrected chi connectivity index (χ0v) is 12.1. The molecule has 1 aliphatic rings. The third-order valence-electron chi connectivity index (χ3n) is 4.05. The quantitative estimate of drug-likeness (QED) is 0.620. The van der Waals surface area contributed by atoms with Gasteiger partial charge in [0, 0.05) is 11.6 Å². The van der Waals surface area contributed by atoms with Crippen LogP contribution in [0.2, 0.25) is 0 Å². The zero-order valence-electron chi connectivity index (χ0n) is 12.1. The Morgan fingerprint density at radius 2 is 1.80 bits per heavy atom. The molecule has 6 nitrogen and oxygen atoms in total. The largest absolute Gasteiger partial charge is 0.283 e. The molecule has 0 N–H and O–H groups in total. The minimum Gasteiger partial charge on any atom is -0.258 e. The zero-order chi connectivity index (χ0) is 15.2. The molecular formula is C14H18N2O4. The highest BCUT2D eigenvalue weighted by Crippen LogP contribution is 2.49. The van der Waals surface area contributed by atoms with E-state index in [1.54, 1.807) is 13.8 Å². The molecule has 0 bridgehead atoms. The van der Waals surface area contributed by atoms with E-state index < -0.39 is 9.85 Å². The van der Waals surface area contributed by atoms with Crippen LogP contribution in [0.5, 0.6) is 0 Å². The van der Waals surface area contributed by atoms with E-state index in [4.69, 9.17) is 0 Å². The maximum atomic E-state index is 11.5. The highest BCUT2D eigenvalue weighted by molar-refractivity contribution is 5.66. The molecule has 6 heteroatoms. The number of hydrogen-bond acceptors (Lipinski definition) is 4. The minimum atomic E-state index is -0.506. The lowest BCUT2D eigenvalue weighted by molar-refractivity contribution is -0.396. The van der Waals surface area contributed by atoms with Crippen LogP contribution in [0.15, 0.2) is 6.07 Å². The molecule has 0 aliphatic heterocycles. The molecule has 0 unspecified atom stereocenters. The SMILES string of the molecule is CC(C)c1c([N+](=O)[O-])cc2c(c1[N+](=O)[O-])C(C)(C)CC2. The first-order valence-electron chi connectivity index (χ1n) is 6.66. The summed E-state index contributed by atoms with van der Waals surface area (Å²) in [5.74, 6) is -0.266. The van der Waals surface area contributed by atoms with Gasteiger partial charge in [0.05, 0.1) is 9.85 Å². The van der Waals surface area contributed by atoms with Crippen LogP contribution in [0.4, 0.5) is 11.4 Å². The summed E-state index contributed by atoms with van der Waals surface area (Å²) in [6.45, 7) is 7.43. The molecule has 0 spiro atoms. The number of hydrogen-bond donors (Lipinski definition) is 0. The molecule has 0 fully saturated rings. The second-order valence-electron chi connectivity index (χ2n) is 6.24. The van der Waals surface area contributed by atoms with Crippen LogP contribution in [0.1, 0.15) is 56.7 Å². The van der Waals surface area contributed by atoms with E-state index >= 15 is 0 Å². The van der Waals surface area contributed by atoms with E-state index in [0.29, 0.717) is 12.0 Å². The Labute approximate surface area is 117 Å². The van der Waals surface area contributed by atoms with E-state index in [-0.39, 0.29) is 28.3 Å². The summed E-state index contributed by atoms with van der Waals surface area (Å²) in [5, 5.41) is 22.8. The van der Waals surface area contributed by atoms with Gasteiger partial charge in [0.15, 0.2) is 0 Å². The lowest BCUT2D eigenvalue weighted by Gasteiger charge is -2.20. The topological polar surface area (TPSA) is 86.3 Å². The van der Waals surface area contributed by atoms with Crippen molar-refractivity contribution in [3.05, 3.63) is 43.0 Å². The standard InChI is InChI=1S/C14H18N2O4/c1-8(2)11-10(15(17)18)7-9-5-6-14(3,4)12(9)13(11)16(19)20/h7-8H,5-6H2,1-4H3. The Morgan fingerprint density at radius 1 is 1.20 bits per heavy atom. The van der Waals surface area contributed by atoms with Crippen molar-refractivity contribution in [1.29, 1.82) is 0 Å². The van der Waals surface area contributed by atoms with Crippen LogP contribution < -0.4 is 0 Å². The molecule has 0 atom stereocenters. The number of benzene rings is 1. The number of aryl methyl sites for hydroxylation is 1. The summed E-state index contributed by atoms with van der Waals surface area (Å²) in [7, 11) is 0. The van der Waals surface area contributed by atoms with Crippen LogP contribution in [0.25, 0.3) is 0 Å². The van der Waals surface area contributed by atoms with Gasteiger partial charge in [-0.15, -0.1) is 0 Å². The van der Waals surface area contributed by atoms with Crippen molar-refractivity contribution < 1.29 is 9.85 Å². The van der Waals surface area contributed by atoms with E-state index in [1.807, 2.05) is 13.8 Å². The summed E-state index contributed by atoms with van der Waals surface area (Å²) >= 11 is 0. The Bertz CT molecular complexity index is 606. The summed E-state index contributed by atoms with van der Waals surface area (Å²) < 4.78 is 0. The summed E-state index contributed by atoms with van der Waals surface area (Å²) in [6, 6.07) is 1.53. The van der Waals surface area contributed by atoms with Crippen LogP contribution in [-0.4, -0.2) is 9.85 Å². The molecule has 0 saturated heterocycles. The van der Waals surface area contributed by atoms with Gasteiger partial charge < -0.3 is 0 Å². The number of nitrogens with zero attached hydrogens (tertiary/aromatic N) is 2. The van der Waals surface area contributed by atoms with E-state index in [2.05, 4.69) is 0 Å². The van der Waals surface area contributed by atoms with Crippen molar-refractivity contribution in [2.75, 3.05) is 0 Å². The van der Waals surface area contributed by atoms with E-state index in [0.717, 1.165) is 12.0 Å². The first kappa shape index (κ1) is 14.4. The lowest BCUT2D eigenvalue weighted by Crippen LogP contribution is -2.16. The molecule has 20 heavy (non-hydrogen) atoms. The molecule has 0 radical (unpaired) electrons. The smallest absolute Gasteiger partial charge is 0.258 e. The second-order valence-corrected chi connectivity index (χ2v) is 6.24. The van der Waals surface area contributed by atoms with E-state index in [9.17, 15) is 20.2 Å². The van der Waals surface area contributed by atoms with Gasteiger partial charge in [0.1, 0.15) is 5.56 Å². The fourth-order valence-electron chi connectivity index (χ4n) is 3.16. The molecule has 108 valence electrons. The van der Waals surface area contributed by atoms with E-state index in [1.165, 1.54) is 6.07 Å². The predicted octanol–water partition coefficient (Wildman–Crippen LogP) is 3.85. The van der Waals surface area contributed by atoms with Gasteiger partial charge in [-0.05, 0) is 29.7 Å². The predicted molar refractivity (Wildman–Crippen MR) is 75.2 cm³/mol. The van der Waals surface area contributed by atoms with Gasteiger partial charge >= 0.3 is 0 Å². The van der Waals surface area contributed by atoms with Crippen molar-refractivity contribution in [1.82, 2.24) is 0 Å². The Balaban J connectivity index is 2.91. The van der Waals surface area contributed by atoms with Gasteiger partial charge in [-0.25, -0.2) is 0 Å². The molecule has 1 aromatic rings. The molecular weight excluding hydrogens is 260 g/mol. The third kappa shape index (κ3) is 2.05. The first-order valence-corrected chi connectivity index (χ1v) is 6.66. The Kier molecular flexibility index (Phi) is 3.28. The number of nitro groups is 2. The average molecular weight is 278 g/mol. The van der Waals surface area contributed by atoms with Crippen LogP contribution >= 0.6 is 0 Å². The highest BCUT2D eigenvalue weighted by Gasteiger charge is 2.42. The molecule has 0 amide bonds.